The lowest BCUT2D eigenvalue weighted by Gasteiger charge is -2.18. The van der Waals surface area contributed by atoms with Gasteiger partial charge < -0.3 is 10.4 Å². The predicted molar refractivity (Wildman–Crippen MR) is 83.1 cm³/mol. The minimum atomic E-state index is -3.64. The summed E-state index contributed by atoms with van der Waals surface area (Å²) in [6.07, 6.45) is -0.165. The van der Waals surface area contributed by atoms with Crippen molar-refractivity contribution in [1.29, 1.82) is 0 Å². The number of rotatable bonds is 8. The molecule has 0 unspecified atom stereocenters. The van der Waals surface area contributed by atoms with Gasteiger partial charge in [-0.1, -0.05) is 26.0 Å². The summed E-state index contributed by atoms with van der Waals surface area (Å²) in [4.78, 5) is 22.5. The third kappa shape index (κ3) is 5.45. The molecular weight excluding hydrogens is 308 g/mol. The molecule has 22 heavy (non-hydrogen) atoms. The van der Waals surface area contributed by atoms with Crippen LogP contribution in [0.1, 0.15) is 19.4 Å². The number of carbonyl (C=O) groups is 2. The Morgan fingerprint density at radius 3 is 2.41 bits per heavy atom. The summed E-state index contributed by atoms with van der Waals surface area (Å²) < 4.78 is 25.2. The molecule has 1 aromatic carbocycles. The van der Waals surface area contributed by atoms with E-state index in [0.717, 1.165) is 0 Å². The van der Waals surface area contributed by atoms with Crippen LogP contribution in [0.15, 0.2) is 24.3 Å². The monoisotopic (exact) mass is 328 g/mol. The second-order valence-electron chi connectivity index (χ2n) is 4.66. The second kappa shape index (κ2) is 7.90. The third-order valence-corrected chi connectivity index (χ3v) is 4.91. The molecule has 0 radical (unpaired) electrons. The number of hydrogen-bond donors (Lipinski definition) is 2. The van der Waals surface area contributed by atoms with Crippen LogP contribution in [0.5, 0.6) is 0 Å². The Morgan fingerprint density at radius 2 is 1.86 bits per heavy atom. The Hall–Kier alpha value is -1.93. The van der Waals surface area contributed by atoms with Crippen LogP contribution in [0.25, 0.3) is 0 Å². The van der Waals surface area contributed by atoms with Crippen LogP contribution in [-0.4, -0.2) is 48.5 Å². The van der Waals surface area contributed by atoms with Gasteiger partial charge in [-0.05, 0) is 17.7 Å². The van der Waals surface area contributed by atoms with E-state index in [9.17, 15) is 18.0 Å². The first-order valence-electron chi connectivity index (χ1n) is 6.87. The molecule has 7 nitrogen and oxygen atoms in total. The molecule has 0 aliphatic carbocycles. The number of carbonyl (C=O) groups excluding carboxylic acids is 1. The zero-order valence-electron chi connectivity index (χ0n) is 12.6. The van der Waals surface area contributed by atoms with E-state index in [0.29, 0.717) is 24.3 Å². The first kappa shape index (κ1) is 18.1. The minimum absolute atomic E-state index is 0.165. The van der Waals surface area contributed by atoms with Gasteiger partial charge in [0.15, 0.2) is 0 Å². The summed E-state index contributed by atoms with van der Waals surface area (Å²) in [5.74, 6) is -2.27. The van der Waals surface area contributed by atoms with Gasteiger partial charge in [-0.15, -0.1) is 0 Å². The molecule has 0 aromatic heterocycles. The lowest BCUT2D eigenvalue weighted by Crippen LogP contribution is -2.36. The molecule has 0 spiro atoms. The molecule has 0 aliphatic heterocycles. The van der Waals surface area contributed by atoms with Crippen LogP contribution < -0.4 is 5.32 Å². The van der Waals surface area contributed by atoms with E-state index >= 15 is 0 Å². The van der Waals surface area contributed by atoms with Gasteiger partial charge in [0.2, 0.25) is 15.9 Å². The smallest absolute Gasteiger partial charge is 0.307 e. The number of sulfonamides is 1. The van der Waals surface area contributed by atoms with Crippen molar-refractivity contribution in [2.75, 3.05) is 24.2 Å². The largest absolute Gasteiger partial charge is 0.481 e. The summed E-state index contributed by atoms with van der Waals surface area (Å²) in [7, 11) is -3.64. The maximum Gasteiger partial charge on any atom is 0.307 e. The van der Waals surface area contributed by atoms with Crippen molar-refractivity contribution in [1.82, 2.24) is 4.31 Å². The average Bonchev–Trinajstić information content (AvgIpc) is 2.38. The highest BCUT2D eigenvalue weighted by Gasteiger charge is 2.22. The number of aliphatic carboxylic acids is 1. The van der Waals surface area contributed by atoms with Gasteiger partial charge in [-0.3, -0.25) is 9.59 Å². The molecule has 8 heteroatoms. The Labute approximate surface area is 130 Å². The van der Waals surface area contributed by atoms with Crippen LogP contribution >= 0.6 is 0 Å². The fraction of sp³-hybridized carbons (Fsp3) is 0.429. The number of amides is 1. The van der Waals surface area contributed by atoms with E-state index in [4.69, 9.17) is 5.11 Å². The molecule has 0 atom stereocenters. The highest BCUT2D eigenvalue weighted by molar-refractivity contribution is 7.89. The molecule has 1 amide bonds. The van der Waals surface area contributed by atoms with E-state index in [1.54, 1.807) is 32.0 Å². The fourth-order valence-corrected chi connectivity index (χ4v) is 3.38. The molecule has 0 saturated heterocycles. The van der Waals surface area contributed by atoms with Crippen LogP contribution in [0.4, 0.5) is 5.69 Å². The van der Waals surface area contributed by atoms with Crippen LogP contribution in [-0.2, 0) is 26.0 Å². The lowest BCUT2D eigenvalue weighted by molar-refractivity contribution is -0.136. The van der Waals surface area contributed by atoms with Crippen molar-refractivity contribution < 1.29 is 23.1 Å². The van der Waals surface area contributed by atoms with E-state index in [2.05, 4.69) is 5.32 Å². The van der Waals surface area contributed by atoms with Crippen molar-refractivity contribution in [3.63, 3.8) is 0 Å². The van der Waals surface area contributed by atoms with Gasteiger partial charge in [0, 0.05) is 18.8 Å². The Kier molecular flexibility index (Phi) is 6.51. The van der Waals surface area contributed by atoms with Crippen LogP contribution in [0.2, 0.25) is 0 Å². The zero-order valence-corrected chi connectivity index (χ0v) is 13.4. The number of carboxylic acid groups (broad SMARTS) is 1. The molecule has 0 heterocycles. The van der Waals surface area contributed by atoms with Crippen molar-refractivity contribution >= 4 is 27.6 Å². The predicted octanol–water partition coefficient (Wildman–Crippen LogP) is 0.924. The third-order valence-electron chi connectivity index (χ3n) is 2.98. The van der Waals surface area contributed by atoms with Crippen molar-refractivity contribution in [2.45, 2.75) is 20.3 Å². The molecule has 0 fully saturated rings. The molecule has 1 rings (SSSR count). The van der Waals surface area contributed by atoms with E-state index < -0.39 is 27.7 Å². The van der Waals surface area contributed by atoms with Crippen LogP contribution in [0, 0.1) is 0 Å². The number of carboxylic acids is 1. The Balaban J connectivity index is 2.75. The molecule has 1 aromatic rings. The molecule has 0 bridgehead atoms. The number of hydrogen-bond acceptors (Lipinski definition) is 4. The topological polar surface area (TPSA) is 104 Å². The normalized spacial score (nSPS) is 11.4. The fourth-order valence-electron chi connectivity index (χ4n) is 2.00. The van der Waals surface area contributed by atoms with Crippen molar-refractivity contribution in [3.05, 3.63) is 29.8 Å². The van der Waals surface area contributed by atoms with Gasteiger partial charge in [-0.2, -0.15) is 0 Å². The molecule has 122 valence electrons. The van der Waals surface area contributed by atoms with Gasteiger partial charge in [0.25, 0.3) is 0 Å². The number of anilines is 1. The summed E-state index contributed by atoms with van der Waals surface area (Å²) in [5.41, 5.74) is 0.899. The SMILES string of the molecule is CCN(CC)S(=O)(=O)CC(=O)Nc1cccc(CC(=O)O)c1. The highest BCUT2D eigenvalue weighted by atomic mass is 32.2. The van der Waals surface area contributed by atoms with Gasteiger partial charge in [0.05, 0.1) is 6.42 Å². The average molecular weight is 328 g/mol. The standard InChI is InChI=1S/C14H20N2O5S/c1-3-16(4-2)22(20,21)10-13(17)15-12-7-5-6-11(8-12)9-14(18)19/h5-8H,3-4,9-10H2,1-2H3,(H,15,17)(H,18,19). The summed E-state index contributed by atoms with van der Waals surface area (Å²) in [5, 5.41) is 11.2. The molecule has 0 saturated carbocycles. The number of nitrogens with one attached hydrogen (secondary N) is 1. The summed E-state index contributed by atoms with van der Waals surface area (Å²) >= 11 is 0. The zero-order chi connectivity index (χ0) is 16.8. The molecular formula is C14H20N2O5S. The Morgan fingerprint density at radius 1 is 1.23 bits per heavy atom. The van der Waals surface area contributed by atoms with Crippen molar-refractivity contribution in [3.8, 4) is 0 Å². The van der Waals surface area contributed by atoms with E-state index in [-0.39, 0.29) is 6.42 Å². The van der Waals surface area contributed by atoms with E-state index in [1.807, 2.05) is 0 Å². The first-order chi connectivity index (χ1) is 10.3. The van der Waals surface area contributed by atoms with Crippen LogP contribution in [0.3, 0.4) is 0 Å². The first-order valence-corrected chi connectivity index (χ1v) is 8.47. The van der Waals surface area contributed by atoms with Gasteiger partial charge in [0.1, 0.15) is 5.75 Å². The minimum Gasteiger partial charge on any atom is -0.481 e. The van der Waals surface area contributed by atoms with Gasteiger partial charge in [-0.25, -0.2) is 12.7 Å². The van der Waals surface area contributed by atoms with Gasteiger partial charge >= 0.3 is 5.97 Å². The maximum absolute atomic E-state index is 12.0. The molecule has 0 aliphatic rings. The van der Waals surface area contributed by atoms with E-state index in [1.165, 1.54) is 10.4 Å². The quantitative estimate of drug-likeness (QED) is 0.738. The lowest BCUT2D eigenvalue weighted by atomic mass is 10.1. The summed E-state index contributed by atoms with van der Waals surface area (Å²) in [6, 6.07) is 6.31. The highest BCUT2D eigenvalue weighted by Crippen LogP contribution is 2.12. The number of benzene rings is 1. The Bertz CT molecular complexity index is 638. The van der Waals surface area contributed by atoms with Crippen molar-refractivity contribution in [2.24, 2.45) is 0 Å². The molecule has 2 N–H and O–H groups in total. The number of nitrogens with zero attached hydrogens (tertiary/aromatic N) is 1. The second-order valence-corrected chi connectivity index (χ2v) is 6.63. The maximum atomic E-state index is 12.0. The summed E-state index contributed by atoms with van der Waals surface area (Å²) in [6.45, 7) is 4.02.